The second-order valence-electron chi connectivity index (χ2n) is 6.63. The molecule has 0 aromatic heterocycles. The molecule has 0 spiro atoms. The van der Waals surface area contributed by atoms with Gasteiger partial charge in [-0.2, -0.15) is 0 Å². The number of nitrogens with zero attached hydrogens (tertiary/aromatic N) is 2. The van der Waals surface area contributed by atoms with Gasteiger partial charge in [-0.05, 0) is 37.8 Å². The molecule has 1 aliphatic heterocycles. The molecule has 1 aliphatic rings. The molecule has 0 radical (unpaired) electrons. The van der Waals surface area contributed by atoms with Gasteiger partial charge >= 0.3 is 0 Å². The van der Waals surface area contributed by atoms with Crippen LogP contribution in [0, 0.1) is 12.8 Å². The van der Waals surface area contributed by atoms with E-state index in [1.54, 1.807) is 0 Å². The van der Waals surface area contributed by atoms with Gasteiger partial charge in [0, 0.05) is 38.8 Å². The van der Waals surface area contributed by atoms with Gasteiger partial charge in [-0.1, -0.05) is 31.2 Å². The van der Waals surface area contributed by atoms with Crippen LogP contribution in [0.15, 0.2) is 29.3 Å². The van der Waals surface area contributed by atoms with Crippen molar-refractivity contribution in [2.75, 3.05) is 20.1 Å². The van der Waals surface area contributed by atoms with Gasteiger partial charge in [0.1, 0.15) is 0 Å². The zero-order valence-corrected chi connectivity index (χ0v) is 14.6. The molecule has 4 heteroatoms. The van der Waals surface area contributed by atoms with Crippen molar-refractivity contribution < 1.29 is 0 Å². The standard InChI is InChI=1S/C18H30N4/c1-13(2)22-11-15(4)17(12-22)21-18(19-5)20-10-16-9-7-6-8-14(16)3/h6-9,13,15,17H,10-12H2,1-5H3,(H2,19,20,21). The SMILES string of the molecule is CN=C(NCc1ccccc1C)NC1CN(C(C)C)CC1C. The minimum Gasteiger partial charge on any atom is -0.352 e. The minimum atomic E-state index is 0.463. The molecule has 2 unspecified atom stereocenters. The van der Waals surface area contributed by atoms with Crippen LogP contribution in [0.25, 0.3) is 0 Å². The van der Waals surface area contributed by atoms with Crippen LogP contribution in [-0.4, -0.2) is 43.1 Å². The minimum absolute atomic E-state index is 0.463. The highest BCUT2D eigenvalue weighted by Gasteiger charge is 2.31. The average Bonchev–Trinajstić information content (AvgIpc) is 2.86. The number of guanidine groups is 1. The fourth-order valence-electron chi connectivity index (χ4n) is 2.97. The maximum Gasteiger partial charge on any atom is 0.191 e. The van der Waals surface area contributed by atoms with Crippen molar-refractivity contribution in [2.24, 2.45) is 10.9 Å². The van der Waals surface area contributed by atoms with E-state index in [2.05, 4.69) is 72.5 Å². The number of likely N-dealkylation sites (tertiary alicyclic amines) is 1. The first-order chi connectivity index (χ1) is 10.5. The van der Waals surface area contributed by atoms with Crippen molar-refractivity contribution in [1.82, 2.24) is 15.5 Å². The van der Waals surface area contributed by atoms with Crippen molar-refractivity contribution in [3.05, 3.63) is 35.4 Å². The Morgan fingerprint density at radius 3 is 2.64 bits per heavy atom. The lowest BCUT2D eigenvalue weighted by Gasteiger charge is -2.22. The fourth-order valence-corrected chi connectivity index (χ4v) is 2.97. The van der Waals surface area contributed by atoms with Crippen LogP contribution >= 0.6 is 0 Å². The van der Waals surface area contributed by atoms with Crippen molar-refractivity contribution in [1.29, 1.82) is 0 Å². The summed E-state index contributed by atoms with van der Waals surface area (Å²) in [7, 11) is 1.84. The normalized spacial score (nSPS) is 23.1. The maximum absolute atomic E-state index is 4.38. The van der Waals surface area contributed by atoms with E-state index in [1.807, 2.05) is 7.05 Å². The summed E-state index contributed by atoms with van der Waals surface area (Å²) in [6.45, 7) is 12.0. The summed E-state index contributed by atoms with van der Waals surface area (Å²) in [5.41, 5.74) is 2.62. The van der Waals surface area contributed by atoms with E-state index in [4.69, 9.17) is 0 Å². The Morgan fingerprint density at radius 1 is 1.32 bits per heavy atom. The third-order valence-electron chi connectivity index (χ3n) is 4.62. The zero-order chi connectivity index (χ0) is 16.1. The Hall–Kier alpha value is -1.55. The molecule has 2 N–H and O–H groups in total. The molecular formula is C18H30N4. The molecule has 4 nitrogen and oxygen atoms in total. The third kappa shape index (κ3) is 4.23. The molecule has 0 bridgehead atoms. The Kier molecular flexibility index (Phi) is 5.83. The van der Waals surface area contributed by atoms with E-state index in [9.17, 15) is 0 Å². The second-order valence-corrected chi connectivity index (χ2v) is 6.63. The Labute approximate surface area is 135 Å². The monoisotopic (exact) mass is 302 g/mol. The molecule has 1 aromatic carbocycles. The molecule has 1 fully saturated rings. The Balaban J connectivity index is 1.89. The molecule has 2 rings (SSSR count). The first-order valence-corrected chi connectivity index (χ1v) is 8.27. The third-order valence-corrected chi connectivity index (χ3v) is 4.62. The largest absolute Gasteiger partial charge is 0.352 e. The number of hydrogen-bond donors (Lipinski definition) is 2. The summed E-state index contributed by atoms with van der Waals surface area (Å²) in [4.78, 5) is 6.90. The van der Waals surface area contributed by atoms with Crippen molar-refractivity contribution in [3.8, 4) is 0 Å². The summed E-state index contributed by atoms with van der Waals surface area (Å²) in [6.07, 6.45) is 0. The van der Waals surface area contributed by atoms with Crippen LogP contribution in [0.5, 0.6) is 0 Å². The van der Waals surface area contributed by atoms with Gasteiger partial charge in [0.15, 0.2) is 5.96 Å². The number of rotatable bonds is 4. The van der Waals surface area contributed by atoms with Crippen LogP contribution in [-0.2, 0) is 6.54 Å². The molecule has 122 valence electrons. The van der Waals surface area contributed by atoms with Gasteiger partial charge in [0.05, 0.1) is 0 Å². The van der Waals surface area contributed by atoms with Crippen LogP contribution < -0.4 is 10.6 Å². The first kappa shape index (κ1) is 16.8. The van der Waals surface area contributed by atoms with E-state index in [0.29, 0.717) is 18.0 Å². The van der Waals surface area contributed by atoms with Crippen LogP contribution in [0.3, 0.4) is 0 Å². The molecule has 0 aliphatic carbocycles. The predicted molar refractivity (Wildman–Crippen MR) is 94.2 cm³/mol. The number of benzene rings is 1. The van der Waals surface area contributed by atoms with E-state index in [-0.39, 0.29) is 0 Å². The second kappa shape index (κ2) is 7.63. The van der Waals surface area contributed by atoms with E-state index >= 15 is 0 Å². The summed E-state index contributed by atoms with van der Waals surface area (Å²) in [5, 5.41) is 7.03. The molecule has 22 heavy (non-hydrogen) atoms. The average molecular weight is 302 g/mol. The summed E-state index contributed by atoms with van der Waals surface area (Å²) < 4.78 is 0. The predicted octanol–water partition coefficient (Wildman–Crippen LogP) is 2.39. The fraction of sp³-hybridized carbons (Fsp3) is 0.611. The van der Waals surface area contributed by atoms with Gasteiger partial charge in [-0.15, -0.1) is 0 Å². The maximum atomic E-state index is 4.38. The molecule has 1 aromatic rings. The quantitative estimate of drug-likeness (QED) is 0.663. The van der Waals surface area contributed by atoms with E-state index in [0.717, 1.165) is 25.6 Å². The first-order valence-electron chi connectivity index (χ1n) is 8.27. The summed E-state index contributed by atoms with van der Waals surface area (Å²) >= 11 is 0. The van der Waals surface area contributed by atoms with Crippen LogP contribution in [0.4, 0.5) is 0 Å². The molecule has 2 atom stereocenters. The topological polar surface area (TPSA) is 39.7 Å². The van der Waals surface area contributed by atoms with Crippen molar-refractivity contribution >= 4 is 5.96 Å². The molecular weight excluding hydrogens is 272 g/mol. The van der Waals surface area contributed by atoms with Gasteiger partial charge in [-0.3, -0.25) is 9.89 Å². The van der Waals surface area contributed by atoms with E-state index in [1.165, 1.54) is 11.1 Å². The zero-order valence-electron chi connectivity index (χ0n) is 14.6. The molecule has 0 amide bonds. The Bertz CT molecular complexity index is 510. The van der Waals surface area contributed by atoms with Crippen molar-refractivity contribution in [2.45, 2.75) is 46.3 Å². The van der Waals surface area contributed by atoms with Gasteiger partial charge in [-0.25, -0.2) is 0 Å². The molecule has 1 heterocycles. The van der Waals surface area contributed by atoms with Crippen LogP contribution in [0.2, 0.25) is 0 Å². The molecule has 0 saturated carbocycles. The number of nitrogens with one attached hydrogen (secondary N) is 2. The molecule has 1 saturated heterocycles. The van der Waals surface area contributed by atoms with Gasteiger partial charge < -0.3 is 10.6 Å². The van der Waals surface area contributed by atoms with Crippen molar-refractivity contribution in [3.63, 3.8) is 0 Å². The number of aliphatic imine (C=N–C) groups is 1. The highest BCUT2D eigenvalue weighted by Crippen LogP contribution is 2.18. The lowest BCUT2D eigenvalue weighted by atomic mass is 10.1. The smallest absolute Gasteiger partial charge is 0.191 e. The summed E-state index contributed by atoms with van der Waals surface area (Å²) in [6, 6.07) is 9.54. The lowest BCUT2D eigenvalue weighted by molar-refractivity contribution is 0.265. The summed E-state index contributed by atoms with van der Waals surface area (Å²) in [5.74, 6) is 1.53. The lowest BCUT2D eigenvalue weighted by Crippen LogP contribution is -2.46. The van der Waals surface area contributed by atoms with E-state index < -0.39 is 0 Å². The van der Waals surface area contributed by atoms with Crippen LogP contribution in [0.1, 0.15) is 31.9 Å². The highest BCUT2D eigenvalue weighted by molar-refractivity contribution is 5.80. The van der Waals surface area contributed by atoms with Gasteiger partial charge in [0.25, 0.3) is 0 Å². The number of aryl methyl sites for hydroxylation is 1. The number of hydrogen-bond acceptors (Lipinski definition) is 2. The highest BCUT2D eigenvalue weighted by atomic mass is 15.3. The van der Waals surface area contributed by atoms with Gasteiger partial charge in [0.2, 0.25) is 0 Å². The Morgan fingerprint density at radius 2 is 2.05 bits per heavy atom.